The highest BCUT2D eigenvalue weighted by Gasteiger charge is 2.28. The fraction of sp³-hybridized carbons (Fsp3) is 0.296. The van der Waals surface area contributed by atoms with Crippen molar-refractivity contribution in [3.05, 3.63) is 60.7 Å². The lowest BCUT2D eigenvalue weighted by Crippen LogP contribution is -2.31. The van der Waals surface area contributed by atoms with Crippen molar-refractivity contribution in [3.8, 4) is 34.1 Å². The van der Waals surface area contributed by atoms with E-state index < -0.39 is 11.8 Å². The molecule has 186 valence electrons. The molecule has 1 aliphatic rings. The second-order valence-corrected chi connectivity index (χ2v) is 8.61. The number of hydrogen-bond donors (Lipinski definition) is 1. The van der Waals surface area contributed by atoms with E-state index in [0.29, 0.717) is 40.3 Å². The van der Waals surface area contributed by atoms with Gasteiger partial charge in [-0.1, -0.05) is 36.4 Å². The third-order valence-electron chi connectivity index (χ3n) is 6.23. The van der Waals surface area contributed by atoms with Gasteiger partial charge in [0.25, 0.3) is 0 Å². The summed E-state index contributed by atoms with van der Waals surface area (Å²) in [5.74, 6) is -0.532. The highest BCUT2D eigenvalue weighted by Crippen LogP contribution is 2.44. The molecule has 2 aromatic heterocycles. The standard InChI is InChI=1S/C27H25FN2O6/c1-33-21-11-10-17(12-20(21)28)23-24-26(35-19-9-5-8-18(13-19)34-14-22(31)32)29-15-30-27(24)36-25(23)16-6-3-2-4-7-16/h2-4,6-7,10-12,15,18-19H,5,8-9,13-14H2,1H3,(H,31,32)/t18?,19-/m0/s1. The van der Waals surface area contributed by atoms with Crippen LogP contribution in [-0.4, -0.2) is 47.0 Å². The molecule has 5 rings (SSSR count). The summed E-state index contributed by atoms with van der Waals surface area (Å²) in [4.78, 5) is 19.6. The van der Waals surface area contributed by atoms with E-state index in [1.54, 1.807) is 12.1 Å². The van der Waals surface area contributed by atoms with Gasteiger partial charge in [0.15, 0.2) is 11.6 Å². The van der Waals surface area contributed by atoms with Gasteiger partial charge in [0.05, 0.1) is 13.2 Å². The SMILES string of the molecule is COc1ccc(-c2c(-c3ccccc3)oc3ncnc(O[C@H]4CCCC(OCC(=O)O)C4)c23)cc1F. The normalized spacial score (nSPS) is 17.7. The van der Waals surface area contributed by atoms with Gasteiger partial charge in [0.2, 0.25) is 11.6 Å². The molecule has 1 N–H and O–H groups in total. The molecule has 0 radical (unpaired) electrons. The number of carbonyl (C=O) groups is 1. The summed E-state index contributed by atoms with van der Waals surface area (Å²) < 4.78 is 37.9. The Balaban J connectivity index is 1.57. The van der Waals surface area contributed by atoms with Crippen LogP contribution >= 0.6 is 0 Å². The zero-order valence-corrected chi connectivity index (χ0v) is 19.6. The second kappa shape index (κ2) is 10.3. The number of carboxylic acids is 1. The molecule has 1 aliphatic carbocycles. The lowest BCUT2D eigenvalue weighted by atomic mass is 9.94. The van der Waals surface area contributed by atoms with Crippen LogP contribution in [-0.2, 0) is 9.53 Å². The summed E-state index contributed by atoms with van der Waals surface area (Å²) in [6.07, 6.45) is 3.84. The maximum atomic E-state index is 14.7. The van der Waals surface area contributed by atoms with Gasteiger partial charge in [-0.2, -0.15) is 0 Å². The minimum absolute atomic E-state index is 0.134. The molecule has 9 heteroatoms. The highest BCUT2D eigenvalue weighted by molar-refractivity contribution is 6.03. The number of halogens is 1. The van der Waals surface area contributed by atoms with Gasteiger partial charge in [-0.25, -0.2) is 19.2 Å². The largest absolute Gasteiger partial charge is 0.494 e. The van der Waals surface area contributed by atoms with E-state index in [-0.39, 0.29) is 24.6 Å². The summed E-state index contributed by atoms with van der Waals surface area (Å²) >= 11 is 0. The number of aliphatic carboxylic acids is 1. The number of methoxy groups -OCH3 is 1. The van der Waals surface area contributed by atoms with E-state index in [2.05, 4.69) is 9.97 Å². The Bertz CT molecular complexity index is 1370. The van der Waals surface area contributed by atoms with E-state index in [9.17, 15) is 9.18 Å². The number of benzene rings is 2. The monoisotopic (exact) mass is 492 g/mol. The molecule has 2 atom stereocenters. The number of nitrogens with zero attached hydrogens (tertiary/aromatic N) is 2. The number of carboxylic acid groups (broad SMARTS) is 1. The zero-order valence-electron chi connectivity index (χ0n) is 19.6. The molecule has 0 bridgehead atoms. The summed E-state index contributed by atoms with van der Waals surface area (Å²) in [6, 6.07) is 14.2. The first-order valence-electron chi connectivity index (χ1n) is 11.7. The van der Waals surface area contributed by atoms with E-state index in [0.717, 1.165) is 24.8 Å². The Kier molecular flexibility index (Phi) is 6.81. The molecule has 0 saturated heterocycles. The quantitative estimate of drug-likeness (QED) is 0.344. The van der Waals surface area contributed by atoms with Gasteiger partial charge in [-0.3, -0.25) is 0 Å². The van der Waals surface area contributed by atoms with Gasteiger partial charge in [-0.15, -0.1) is 0 Å². The molecule has 8 nitrogen and oxygen atoms in total. The van der Waals surface area contributed by atoms with Gasteiger partial charge in [0, 0.05) is 17.5 Å². The Labute approximate surface area is 206 Å². The predicted octanol–water partition coefficient (Wildman–Crippen LogP) is 5.50. The Morgan fingerprint density at radius 3 is 2.67 bits per heavy atom. The third-order valence-corrected chi connectivity index (χ3v) is 6.23. The van der Waals surface area contributed by atoms with Crippen LogP contribution in [0.1, 0.15) is 25.7 Å². The third kappa shape index (κ3) is 4.87. The van der Waals surface area contributed by atoms with Gasteiger partial charge >= 0.3 is 5.97 Å². The topological polar surface area (TPSA) is 104 Å². The molecule has 36 heavy (non-hydrogen) atoms. The highest BCUT2D eigenvalue weighted by atomic mass is 19.1. The summed E-state index contributed by atoms with van der Waals surface area (Å²) in [5, 5.41) is 9.47. The molecule has 0 spiro atoms. The van der Waals surface area contributed by atoms with Crippen molar-refractivity contribution in [2.75, 3.05) is 13.7 Å². The Hall–Kier alpha value is -3.98. The minimum Gasteiger partial charge on any atom is -0.494 e. The number of aromatic nitrogens is 2. The van der Waals surface area contributed by atoms with E-state index in [4.69, 9.17) is 23.7 Å². The van der Waals surface area contributed by atoms with Crippen LogP contribution in [0.3, 0.4) is 0 Å². The number of rotatable bonds is 8. The number of hydrogen-bond acceptors (Lipinski definition) is 7. The number of ether oxygens (including phenoxy) is 3. The fourth-order valence-corrected chi connectivity index (χ4v) is 4.59. The van der Waals surface area contributed by atoms with Crippen LogP contribution in [0.2, 0.25) is 0 Å². The smallest absolute Gasteiger partial charge is 0.329 e. The van der Waals surface area contributed by atoms with Crippen molar-refractivity contribution in [3.63, 3.8) is 0 Å². The van der Waals surface area contributed by atoms with Crippen LogP contribution < -0.4 is 9.47 Å². The molecule has 1 saturated carbocycles. The molecule has 1 fully saturated rings. The first kappa shape index (κ1) is 23.7. The molecule has 2 aromatic carbocycles. The zero-order chi connectivity index (χ0) is 25.1. The minimum atomic E-state index is -1.00. The fourth-order valence-electron chi connectivity index (χ4n) is 4.59. The van der Waals surface area contributed by atoms with Crippen molar-refractivity contribution in [2.45, 2.75) is 37.9 Å². The number of furan rings is 1. The first-order valence-corrected chi connectivity index (χ1v) is 11.7. The van der Waals surface area contributed by atoms with Gasteiger partial charge in [0.1, 0.15) is 30.2 Å². The van der Waals surface area contributed by atoms with Crippen LogP contribution in [0, 0.1) is 5.82 Å². The maximum absolute atomic E-state index is 14.7. The van der Waals surface area contributed by atoms with Crippen molar-refractivity contribution < 1.29 is 32.9 Å². The van der Waals surface area contributed by atoms with Crippen molar-refractivity contribution in [1.82, 2.24) is 9.97 Å². The van der Waals surface area contributed by atoms with E-state index in [1.807, 2.05) is 30.3 Å². The van der Waals surface area contributed by atoms with Crippen LogP contribution in [0.25, 0.3) is 33.6 Å². The van der Waals surface area contributed by atoms with Crippen LogP contribution in [0.5, 0.6) is 11.6 Å². The lowest BCUT2D eigenvalue weighted by Gasteiger charge is -2.29. The van der Waals surface area contributed by atoms with E-state index >= 15 is 0 Å². The predicted molar refractivity (Wildman–Crippen MR) is 129 cm³/mol. The summed E-state index contributed by atoms with van der Waals surface area (Å²) in [5.41, 5.74) is 2.30. The van der Waals surface area contributed by atoms with Crippen molar-refractivity contribution in [1.29, 1.82) is 0 Å². The molecule has 1 unspecified atom stereocenters. The Morgan fingerprint density at radius 1 is 1.11 bits per heavy atom. The summed E-state index contributed by atoms with van der Waals surface area (Å²) in [6.45, 7) is -0.343. The lowest BCUT2D eigenvalue weighted by molar-refractivity contribution is -0.145. The Morgan fingerprint density at radius 2 is 1.92 bits per heavy atom. The average molecular weight is 493 g/mol. The number of fused-ring (bicyclic) bond motifs is 1. The molecule has 0 aliphatic heterocycles. The molecular weight excluding hydrogens is 467 g/mol. The maximum Gasteiger partial charge on any atom is 0.329 e. The molecule has 4 aromatic rings. The van der Waals surface area contributed by atoms with Gasteiger partial charge < -0.3 is 23.7 Å². The second-order valence-electron chi connectivity index (χ2n) is 8.61. The van der Waals surface area contributed by atoms with Crippen molar-refractivity contribution in [2.24, 2.45) is 0 Å². The first-order chi connectivity index (χ1) is 17.5. The van der Waals surface area contributed by atoms with E-state index in [1.165, 1.54) is 19.5 Å². The van der Waals surface area contributed by atoms with Crippen LogP contribution in [0.4, 0.5) is 4.39 Å². The molecular formula is C27H25FN2O6. The van der Waals surface area contributed by atoms with Gasteiger partial charge in [-0.05, 0) is 37.0 Å². The van der Waals surface area contributed by atoms with Crippen molar-refractivity contribution >= 4 is 17.1 Å². The summed E-state index contributed by atoms with van der Waals surface area (Å²) in [7, 11) is 1.41. The molecule has 2 heterocycles. The molecule has 0 amide bonds. The van der Waals surface area contributed by atoms with Crippen LogP contribution in [0.15, 0.2) is 59.3 Å². The average Bonchev–Trinajstić information content (AvgIpc) is 3.29.